The van der Waals surface area contributed by atoms with E-state index in [1.807, 2.05) is 31.3 Å². The highest BCUT2D eigenvalue weighted by molar-refractivity contribution is 8.00. The Labute approximate surface area is 198 Å². The minimum Gasteiger partial charge on any atom is -0.388 e. The van der Waals surface area contributed by atoms with Gasteiger partial charge in [0.05, 0.1) is 5.69 Å². The van der Waals surface area contributed by atoms with Gasteiger partial charge in [0.2, 0.25) is 0 Å². The van der Waals surface area contributed by atoms with Crippen molar-refractivity contribution in [1.29, 1.82) is 0 Å². The second-order valence-corrected chi connectivity index (χ2v) is 9.42. The second-order valence-electron chi connectivity index (χ2n) is 7.31. The molecule has 1 heterocycles. The quantitative estimate of drug-likeness (QED) is 0.237. The average molecular weight is 456 g/mol. The van der Waals surface area contributed by atoms with Gasteiger partial charge in [0.1, 0.15) is 5.03 Å². The van der Waals surface area contributed by atoms with Crippen molar-refractivity contribution in [3.8, 4) is 0 Å². The average Bonchev–Trinajstić information content (AvgIpc) is 2.81. The van der Waals surface area contributed by atoms with Gasteiger partial charge in [-0.1, -0.05) is 78.0 Å². The van der Waals surface area contributed by atoms with E-state index >= 15 is 0 Å². The van der Waals surface area contributed by atoms with Crippen molar-refractivity contribution in [2.24, 2.45) is 0 Å². The molecule has 0 aliphatic heterocycles. The number of aromatic nitrogens is 2. The fraction of sp³-hybridized carbons (Fsp3) is 0.111. The summed E-state index contributed by atoms with van der Waals surface area (Å²) in [5.74, 6) is 0. The molecule has 4 aromatic rings. The third-order valence-corrected chi connectivity index (χ3v) is 6.80. The predicted octanol–water partition coefficient (Wildman–Crippen LogP) is 7.11. The van der Waals surface area contributed by atoms with E-state index in [9.17, 15) is 0 Å². The summed E-state index contributed by atoms with van der Waals surface area (Å²) in [5.41, 5.74) is 5.40. The molecule has 0 bridgehead atoms. The van der Waals surface area contributed by atoms with Crippen LogP contribution in [0.3, 0.4) is 0 Å². The molecule has 0 spiro atoms. The van der Waals surface area contributed by atoms with Crippen LogP contribution < -0.4 is 5.32 Å². The molecule has 0 radical (unpaired) electrons. The summed E-state index contributed by atoms with van der Waals surface area (Å²) in [6.07, 6.45) is 2.15. The molecule has 1 N–H and O–H groups in total. The minimum absolute atomic E-state index is 0.755. The first-order valence-corrected chi connectivity index (χ1v) is 12.1. The van der Waals surface area contributed by atoms with E-state index in [-0.39, 0.29) is 0 Å². The highest BCUT2D eigenvalue weighted by atomic mass is 32.2. The van der Waals surface area contributed by atoms with E-state index in [2.05, 4.69) is 85.9 Å². The zero-order valence-electron chi connectivity index (χ0n) is 18.4. The monoisotopic (exact) mass is 455 g/mol. The molecule has 160 valence electrons. The Morgan fingerprint density at radius 3 is 1.94 bits per heavy atom. The van der Waals surface area contributed by atoms with Gasteiger partial charge in [0, 0.05) is 28.1 Å². The van der Waals surface area contributed by atoms with Crippen LogP contribution in [0.5, 0.6) is 0 Å². The SMILES string of the molecule is CN/C(=C\c1c(C)nc(Sc2ccccc2)nc1Sc1ccccc1)c1ccc(C)cc1. The van der Waals surface area contributed by atoms with Crippen molar-refractivity contribution in [3.63, 3.8) is 0 Å². The van der Waals surface area contributed by atoms with E-state index in [1.165, 1.54) is 5.56 Å². The molecule has 3 aromatic carbocycles. The van der Waals surface area contributed by atoms with Crippen molar-refractivity contribution in [2.75, 3.05) is 7.05 Å². The standard InChI is InChI=1S/C27H25N3S2/c1-19-14-16-21(17-15-19)25(28-3)18-24-20(2)29-27(32-23-12-8-5-9-13-23)30-26(24)31-22-10-6-4-7-11-22/h4-18,28H,1-3H3/b25-18-. The lowest BCUT2D eigenvalue weighted by molar-refractivity contribution is 0.857. The topological polar surface area (TPSA) is 37.8 Å². The van der Waals surface area contributed by atoms with Crippen LogP contribution in [0.25, 0.3) is 11.8 Å². The Morgan fingerprint density at radius 1 is 0.750 bits per heavy atom. The lowest BCUT2D eigenvalue weighted by Crippen LogP contribution is -2.06. The van der Waals surface area contributed by atoms with Crippen LogP contribution in [-0.4, -0.2) is 17.0 Å². The molecule has 4 rings (SSSR count). The summed E-state index contributed by atoms with van der Waals surface area (Å²) in [4.78, 5) is 12.1. The number of hydrogen-bond acceptors (Lipinski definition) is 5. The number of aryl methyl sites for hydroxylation is 2. The molecule has 3 nitrogen and oxygen atoms in total. The number of nitrogens with one attached hydrogen (secondary N) is 1. The Morgan fingerprint density at radius 2 is 1.34 bits per heavy atom. The summed E-state index contributed by atoms with van der Waals surface area (Å²) in [5, 5.41) is 5.05. The van der Waals surface area contributed by atoms with E-state index in [0.717, 1.165) is 42.5 Å². The molecule has 0 saturated carbocycles. The van der Waals surface area contributed by atoms with Crippen LogP contribution in [0.15, 0.2) is 105 Å². The first kappa shape index (κ1) is 22.2. The van der Waals surface area contributed by atoms with Gasteiger partial charge < -0.3 is 5.32 Å². The van der Waals surface area contributed by atoms with Crippen LogP contribution in [0, 0.1) is 13.8 Å². The second kappa shape index (κ2) is 10.5. The van der Waals surface area contributed by atoms with Crippen molar-refractivity contribution >= 4 is 35.3 Å². The fourth-order valence-corrected chi connectivity index (χ4v) is 5.04. The largest absolute Gasteiger partial charge is 0.388 e. The summed E-state index contributed by atoms with van der Waals surface area (Å²) >= 11 is 3.25. The fourth-order valence-electron chi connectivity index (χ4n) is 3.19. The Kier molecular flexibility index (Phi) is 7.30. The normalized spacial score (nSPS) is 11.4. The van der Waals surface area contributed by atoms with Crippen LogP contribution in [0.2, 0.25) is 0 Å². The molecular formula is C27H25N3S2. The first-order chi connectivity index (χ1) is 15.6. The Bertz CT molecular complexity index is 1210. The maximum Gasteiger partial charge on any atom is 0.193 e. The van der Waals surface area contributed by atoms with Crippen molar-refractivity contribution in [2.45, 2.75) is 33.8 Å². The molecule has 0 atom stereocenters. The molecule has 0 amide bonds. The molecule has 0 unspecified atom stereocenters. The van der Waals surface area contributed by atoms with E-state index in [4.69, 9.17) is 9.97 Å². The van der Waals surface area contributed by atoms with Crippen molar-refractivity contribution < 1.29 is 0 Å². The third kappa shape index (κ3) is 5.61. The zero-order valence-corrected chi connectivity index (χ0v) is 20.0. The molecule has 0 saturated heterocycles. The number of rotatable bonds is 7. The van der Waals surface area contributed by atoms with Crippen LogP contribution in [0.4, 0.5) is 0 Å². The van der Waals surface area contributed by atoms with Gasteiger partial charge in [-0.15, -0.1) is 0 Å². The molecule has 1 aromatic heterocycles. The predicted molar refractivity (Wildman–Crippen MR) is 136 cm³/mol. The summed E-state index contributed by atoms with van der Waals surface area (Å²) in [6, 6.07) is 29.1. The van der Waals surface area contributed by atoms with Crippen molar-refractivity contribution in [3.05, 3.63) is 107 Å². The van der Waals surface area contributed by atoms with Gasteiger partial charge in [0.15, 0.2) is 5.16 Å². The summed E-state index contributed by atoms with van der Waals surface area (Å²) in [6.45, 7) is 4.16. The number of nitrogens with zero attached hydrogens (tertiary/aromatic N) is 2. The zero-order chi connectivity index (χ0) is 22.3. The maximum absolute atomic E-state index is 4.96. The third-order valence-electron chi connectivity index (χ3n) is 4.91. The van der Waals surface area contributed by atoms with E-state index < -0.39 is 0 Å². The van der Waals surface area contributed by atoms with E-state index in [1.54, 1.807) is 23.5 Å². The van der Waals surface area contributed by atoms with Gasteiger partial charge in [-0.05, 0) is 61.5 Å². The summed E-state index contributed by atoms with van der Waals surface area (Å²) in [7, 11) is 1.95. The summed E-state index contributed by atoms with van der Waals surface area (Å²) < 4.78 is 0. The van der Waals surface area contributed by atoms with Crippen LogP contribution >= 0.6 is 23.5 Å². The molecular weight excluding hydrogens is 430 g/mol. The van der Waals surface area contributed by atoms with Gasteiger partial charge in [0.25, 0.3) is 0 Å². The Hall–Kier alpha value is -3.02. The smallest absolute Gasteiger partial charge is 0.193 e. The van der Waals surface area contributed by atoms with Crippen LogP contribution in [-0.2, 0) is 0 Å². The maximum atomic E-state index is 4.96. The van der Waals surface area contributed by atoms with Crippen molar-refractivity contribution in [1.82, 2.24) is 15.3 Å². The molecule has 0 fully saturated rings. The van der Waals surface area contributed by atoms with Gasteiger partial charge >= 0.3 is 0 Å². The molecule has 32 heavy (non-hydrogen) atoms. The lowest BCUT2D eigenvalue weighted by atomic mass is 10.1. The van der Waals surface area contributed by atoms with Gasteiger partial charge in [-0.3, -0.25) is 0 Å². The highest BCUT2D eigenvalue weighted by Gasteiger charge is 2.14. The molecule has 5 heteroatoms. The number of benzene rings is 3. The minimum atomic E-state index is 0.755. The molecule has 0 aliphatic carbocycles. The Balaban J connectivity index is 1.78. The first-order valence-electron chi connectivity index (χ1n) is 10.4. The molecule has 0 aliphatic rings. The number of hydrogen-bond donors (Lipinski definition) is 1. The lowest BCUT2D eigenvalue weighted by Gasteiger charge is -2.13. The van der Waals surface area contributed by atoms with Crippen LogP contribution in [0.1, 0.15) is 22.4 Å². The highest BCUT2D eigenvalue weighted by Crippen LogP contribution is 2.35. The van der Waals surface area contributed by atoms with Gasteiger partial charge in [-0.25, -0.2) is 9.97 Å². The van der Waals surface area contributed by atoms with E-state index in [0.29, 0.717) is 0 Å². The van der Waals surface area contributed by atoms with Gasteiger partial charge in [-0.2, -0.15) is 0 Å².